The third-order valence-electron chi connectivity index (χ3n) is 4.17. The van der Waals surface area contributed by atoms with E-state index in [1.807, 2.05) is 18.5 Å². The van der Waals surface area contributed by atoms with Crippen molar-refractivity contribution in [2.45, 2.75) is 38.1 Å². The number of alkyl halides is 1. The number of hydrogen-bond acceptors (Lipinski definition) is 3. The van der Waals surface area contributed by atoms with Crippen LogP contribution in [0.3, 0.4) is 0 Å². The predicted molar refractivity (Wildman–Crippen MR) is 95.3 cm³/mol. The Balaban J connectivity index is 2.02. The summed E-state index contributed by atoms with van der Waals surface area (Å²) in [7, 11) is 0. The minimum Gasteiger partial charge on any atom is -0.366 e. The van der Waals surface area contributed by atoms with Gasteiger partial charge in [-0.3, -0.25) is 9.97 Å². The highest BCUT2D eigenvalue weighted by Gasteiger charge is 2.23. The highest BCUT2D eigenvalue weighted by molar-refractivity contribution is 9.10. The lowest BCUT2D eigenvalue weighted by atomic mass is 9.93. The molecule has 112 valence electrons. The second kappa shape index (κ2) is 7.05. The molecule has 0 atom stereocenters. The molecule has 2 aromatic rings. The van der Waals surface area contributed by atoms with E-state index in [0.717, 1.165) is 27.4 Å². The van der Waals surface area contributed by atoms with Gasteiger partial charge in [0.05, 0.1) is 11.2 Å². The number of rotatable bonds is 4. The van der Waals surface area contributed by atoms with Gasteiger partial charge in [0.25, 0.3) is 0 Å². The monoisotopic (exact) mass is 411 g/mol. The molecule has 0 N–H and O–H groups in total. The molecule has 1 saturated carbocycles. The average Bonchev–Trinajstić information content (AvgIpc) is 2.53. The lowest BCUT2D eigenvalue weighted by Gasteiger charge is -2.36. The lowest BCUT2D eigenvalue weighted by molar-refractivity contribution is 0.419. The van der Waals surface area contributed by atoms with Gasteiger partial charge in [0.2, 0.25) is 0 Å². The molecule has 0 spiro atoms. The van der Waals surface area contributed by atoms with E-state index in [1.165, 1.54) is 37.8 Å². The SMILES string of the molecule is BrCCN(c1ccnc2cc(Br)cnc12)C1CCCCC1. The fourth-order valence-corrected chi connectivity index (χ4v) is 3.91. The van der Waals surface area contributed by atoms with Gasteiger partial charge in [0.1, 0.15) is 5.52 Å². The molecule has 1 aliphatic carbocycles. The number of halogens is 2. The van der Waals surface area contributed by atoms with E-state index in [-0.39, 0.29) is 0 Å². The van der Waals surface area contributed by atoms with Crippen LogP contribution in [0.5, 0.6) is 0 Å². The molecule has 0 bridgehead atoms. The summed E-state index contributed by atoms with van der Waals surface area (Å²) in [6.45, 7) is 1.02. The van der Waals surface area contributed by atoms with Crippen molar-refractivity contribution in [3.63, 3.8) is 0 Å². The summed E-state index contributed by atoms with van der Waals surface area (Å²) in [5.74, 6) is 0. The number of anilines is 1. The Hall–Kier alpha value is -0.680. The van der Waals surface area contributed by atoms with Crippen molar-refractivity contribution in [1.29, 1.82) is 0 Å². The summed E-state index contributed by atoms with van der Waals surface area (Å²) in [5, 5.41) is 0.976. The molecule has 3 nitrogen and oxygen atoms in total. The van der Waals surface area contributed by atoms with Crippen molar-refractivity contribution in [2.24, 2.45) is 0 Å². The van der Waals surface area contributed by atoms with Gasteiger partial charge >= 0.3 is 0 Å². The summed E-state index contributed by atoms with van der Waals surface area (Å²) >= 11 is 7.08. The van der Waals surface area contributed by atoms with Crippen LogP contribution in [-0.2, 0) is 0 Å². The average molecular weight is 413 g/mol. The van der Waals surface area contributed by atoms with Crippen LogP contribution in [0.1, 0.15) is 32.1 Å². The van der Waals surface area contributed by atoms with Crippen LogP contribution in [-0.4, -0.2) is 27.9 Å². The van der Waals surface area contributed by atoms with E-state index in [9.17, 15) is 0 Å². The molecule has 0 unspecified atom stereocenters. The number of nitrogens with zero attached hydrogens (tertiary/aromatic N) is 3. The van der Waals surface area contributed by atoms with Gasteiger partial charge in [0.15, 0.2) is 0 Å². The first-order valence-electron chi connectivity index (χ1n) is 7.52. The third-order valence-corrected chi connectivity index (χ3v) is 4.96. The van der Waals surface area contributed by atoms with Crippen LogP contribution in [0.15, 0.2) is 29.0 Å². The minimum atomic E-state index is 0.632. The Kier molecular flexibility index (Phi) is 5.11. The molecule has 3 rings (SSSR count). The molecule has 0 aromatic carbocycles. The van der Waals surface area contributed by atoms with Gasteiger partial charge < -0.3 is 4.90 Å². The summed E-state index contributed by atoms with van der Waals surface area (Å²) in [6, 6.07) is 4.78. The summed E-state index contributed by atoms with van der Waals surface area (Å²) in [4.78, 5) is 11.6. The molecule has 0 amide bonds. The van der Waals surface area contributed by atoms with Crippen molar-refractivity contribution in [3.8, 4) is 0 Å². The maximum Gasteiger partial charge on any atom is 0.112 e. The molecule has 21 heavy (non-hydrogen) atoms. The van der Waals surface area contributed by atoms with Gasteiger partial charge in [-0.25, -0.2) is 0 Å². The van der Waals surface area contributed by atoms with E-state index in [1.54, 1.807) is 0 Å². The van der Waals surface area contributed by atoms with Crippen LogP contribution >= 0.6 is 31.9 Å². The molecule has 2 aromatic heterocycles. The van der Waals surface area contributed by atoms with Crippen LogP contribution in [0, 0.1) is 0 Å². The number of fused-ring (bicyclic) bond motifs is 1. The maximum absolute atomic E-state index is 4.61. The van der Waals surface area contributed by atoms with E-state index in [2.05, 4.69) is 52.8 Å². The standard InChI is InChI=1S/C16H19Br2N3/c17-7-9-21(13-4-2-1-3-5-13)15-6-8-19-14-10-12(18)11-20-16(14)15/h6,8,10-11,13H,1-5,7,9H2. The summed E-state index contributed by atoms with van der Waals surface area (Å²) in [5.41, 5.74) is 3.18. The second-order valence-electron chi connectivity index (χ2n) is 5.53. The van der Waals surface area contributed by atoms with Gasteiger partial charge in [0, 0.05) is 34.8 Å². The first kappa shape index (κ1) is 15.2. The fourth-order valence-electron chi connectivity index (χ4n) is 3.21. The molecule has 1 aliphatic rings. The highest BCUT2D eigenvalue weighted by Crippen LogP contribution is 2.31. The Bertz CT molecular complexity index is 611. The molecular formula is C16H19Br2N3. The van der Waals surface area contributed by atoms with E-state index >= 15 is 0 Å². The molecule has 2 heterocycles. The number of pyridine rings is 2. The van der Waals surface area contributed by atoms with E-state index in [0.29, 0.717) is 6.04 Å². The van der Waals surface area contributed by atoms with Gasteiger partial charge in [-0.05, 0) is 40.9 Å². The van der Waals surface area contributed by atoms with E-state index in [4.69, 9.17) is 0 Å². The molecule has 5 heteroatoms. The second-order valence-corrected chi connectivity index (χ2v) is 7.23. The molecule has 0 aliphatic heterocycles. The lowest BCUT2D eigenvalue weighted by Crippen LogP contribution is -2.38. The van der Waals surface area contributed by atoms with Crippen LogP contribution in [0.2, 0.25) is 0 Å². The zero-order valence-corrected chi connectivity index (χ0v) is 15.1. The Morgan fingerprint density at radius 3 is 2.76 bits per heavy atom. The first-order chi connectivity index (χ1) is 10.3. The zero-order chi connectivity index (χ0) is 14.7. The molecule has 0 radical (unpaired) electrons. The molecule has 0 saturated heterocycles. The largest absolute Gasteiger partial charge is 0.366 e. The van der Waals surface area contributed by atoms with Crippen LogP contribution < -0.4 is 4.90 Å². The fraction of sp³-hybridized carbons (Fsp3) is 0.500. The van der Waals surface area contributed by atoms with Gasteiger partial charge in [-0.1, -0.05) is 35.2 Å². The zero-order valence-electron chi connectivity index (χ0n) is 11.9. The quantitative estimate of drug-likeness (QED) is 0.667. The summed E-state index contributed by atoms with van der Waals surface area (Å²) < 4.78 is 0.976. The first-order valence-corrected chi connectivity index (χ1v) is 9.44. The smallest absolute Gasteiger partial charge is 0.112 e. The maximum atomic E-state index is 4.61. The Labute approximate surface area is 142 Å². The number of hydrogen-bond donors (Lipinski definition) is 0. The predicted octanol–water partition coefficient (Wildman–Crippen LogP) is 4.93. The van der Waals surface area contributed by atoms with Crippen molar-refractivity contribution >= 4 is 48.6 Å². The topological polar surface area (TPSA) is 29.0 Å². The highest BCUT2D eigenvalue weighted by atomic mass is 79.9. The van der Waals surface area contributed by atoms with Gasteiger partial charge in [-0.2, -0.15) is 0 Å². The van der Waals surface area contributed by atoms with Crippen molar-refractivity contribution < 1.29 is 0 Å². The Morgan fingerprint density at radius 1 is 1.19 bits per heavy atom. The Morgan fingerprint density at radius 2 is 2.00 bits per heavy atom. The van der Waals surface area contributed by atoms with Gasteiger partial charge in [-0.15, -0.1) is 0 Å². The number of aromatic nitrogens is 2. The summed E-state index contributed by atoms with van der Waals surface area (Å²) in [6.07, 6.45) is 10.4. The van der Waals surface area contributed by atoms with Crippen molar-refractivity contribution in [3.05, 3.63) is 29.0 Å². The van der Waals surface area contributed by atoms with Crippen LogP contribution in [0.25, 0.3) is 11.0 Å². The van der Waals surface area contributed by atoms with Crippen LogP contribution in [0.4, 0.5) is 5.69 Å². The third kappa shape index (κ3) is 3.39. The van der Waals surface area contributed by atoms with E-state index < -0.39 is 0 Å². The minimum absolute atomic E-state index is 0.632. The molecular weight excluding hydrogens is 394 g/mol. The van der Waals surface area contributed by atoms with Crippen molar-refractivity contribution in [2.75, 3.05) is 16.8 Å². The normalized spacial score (nSPS) is 16.3. The van der Waals surface area contributed by atoms with Crippen molar-refractivity contribution in [1.82, 2.24) is 9.97 Å². The molecule has 1 fully saturated rings.